The van der Waals surface area contributed by atoms with E-state index in [1.807, 2.05) is 18.2 Å². The number of benzene rings is 1. The molecule has 108 valence electrons. The summed E-state index contributed by atoms with van der Waals surface area (Å²) in [5, 5.41) is 11.5. The average Bonchev–Trinajstić information content (AvgIpc) is 2.98. The second-order valence-electron chi connectivity index (χ2n) is 4.84. The van der Waals surface area contributed by atoms with Gasteiger partial charge in [0.2, 0.25) is 0 Å². The largest absolute Gasteiger partial charge is 0.456 e. The fourth-order valence-corrected chi connectivity index (χ4v) is 2.16. The number of para-hydroxylation sites is 1. The van der Waals surface area contributed by atoms with Crippen LogP contribution in [0.5, 0.6) is 0 Å². The summed E-state index contributed by atoms with van der Waals surface area (Å²) in [4.78, 5) is 23.3. The van der Waals surface area contributed by atoms with E-state index in [-0.39, 0.29) is 18.5 Å². The average molecular weight is 284 g/mol. The van der Waals surface area contributed by atoms with Gasteiger partial charge in [0.05, 0.1) is 17.7 Å². The van der Waals surface area contributed by atoms with Crippen molar-refractivity contribution in [3.05, 3.63) is 42.0 Å². The van der Waals surface area contributed by atoms with Crippen molar-refractivity contribution in [3.63, 3.8) is 0 Å². The maximum absolute atomic E-state index is 11.7. The van der Waals surface area contributed by atoms with Crippen LogP contribution in [0.3, 0.4) is 0 Å². The predicted molar refractivity (Wildman–Crippen MR) is 77.2 cm³/mol. The Balaban J connectivity index is 1.78. The molecule has 0 spiro atoms. The second kappa shape index (κ2) is 7.25. The van der Waals surface area contributed by atoms with Crippen molar-refractivity contribution in [1.29, 1.82) is 5.26 Å². The minimum atomic E-state index is -0.451. The molecule has 21 heavy (non-hydrogen) atoms. The molecule has 0 saturated carbocycles. The zero-order valence-corrected chi connectivity index (χ0v) is 11.5. The van der Waals surface area contributed by atoms with Gasteiger partial charge >= 0.3 is 5.97 Å². The van der Waals surface area contributed by atoms with Gasteiger partial charge in [-0.2, -0.15) is 5.26 Å². The Morgan fingerprint density at radius 2 is 2.19 bits per heavy atom. The number of amides is 1. The molecule has 5 heteroatoms. The van der Waals surface area contributed by atoms with Crippen LogP contribution in [-0.4, -0.2) is 18.5 Å². The van der Waals surface area contributed by atoms with Crippen LogP contribution in [0, 0.1) is 17.2 Å². The van der Waals surface area contributed by atoms with Crippen molar-refractivity contribution >= 4 is 17.6 Å². The van der Waals surface area contributed by atoms with Crippen LogP contribution in [0.15, 0.2) is 36.4 Å². The number of carbonyl (C=O) groups is 2. The van der Waals surface area contributed by atoms with Crippen LogP contribution in [0.2, 0.25) is 0 Å². The van der Waals surface area contributed by atoms with E-state index in [4.69, 9.17) is 10.00 Å². The van der Waals surface area contributed by atoms with Gasteiger partial charge in [0, 0.05) is 0 Å². The van der Waals surface area contributed by atoms with Crippen LogP contribution < -0.4 is 5.32 Å². The van der Waals surface area contributed by atoms with E-state index in [2.05, 4.69) is 5.32 Å². The molecule has 0 bridgehead atoms. The molecule has 1 aromatic carbocycles. The Bertz CT molecular complexity index is 602. The zero-order valence-electron chi connectivity index (χ0n) is 11.5. The highest BCUT2D eigenvalue weighted by molar-refractivity contribution is 5.93. The van der Waals surface area contributed by atoms with Crippen LogP contribution >= 0.6 is 0 Å². The van der Waals surface area contributed by atoms with Gasteiger partial charge in [-0.15, -0.1) is 0 Å². The lowest BCUT2D eigenvalue weighted by molar-refractivity contribution is -0.147. The third-order valence-corrected chi connectivity index (χ3v) is 3.23. The number of allylic oxidation sites excluding steroid dienone is 2. The van der Waals surface area contributed by atoms with E-state index in [0.29, 0.717) is 17.7 Å². The van der Waals surface area contributed by atoms with Gasteiger partial charge in [0.25, 0.3) is 5.91 Å². The van der Waals surface area contributed by atoms with Gasteiger partial charge in [-0.25, -0.2) is 0 Å². The molecule has 1 aromatic rings. The summed E-state index contributed by atoms with van der Waals surface area (Å²) in [5.41, 5.74) is 0.785. The quantitative estimate of drug-likeness (QED) is 0.665. The predicted octanol–water partition coefficient (Wildman–Crippen LogP) is 2.40. The molecule has 5 nitrogen and oxygen atoms in total. The third-order valence-electron chi connectivity index (χ3n) is 3.23. The minimum absolute atomic E-state index is 0.222. The molecule has 1 aliphatic rings. The van der Waals surface area contributed by atoms with E-state index < -0.39 is 5.91 Å². The van der Waals surface area contributed by atoms with E-state index in [1.54, 1.807) is 24.3 Å². The summed E-state index contributed by atoms with van der Waals surface area (Å²) in [6.45, 7) is -0.338. The number of carbonyl (C=O) groups excluding carboxylic acids is 2. The maximum atomic E-state index is 11.7. The highest BCUT2D eigenvalue weighted by Crippen LogP contribution is 2.20. The molecule has 1 N–H and O–H groups in total. The Kier molecular flexibility index (Phi) is 5.10. The number of hydrogen-bond donors (Lipinski definition) is 1. The SMILES string of the molecule is N#Cc1ccccc1NC(=O)COC(=O)C[C@@H]1C=CCC1. The molecule has 1 aliphatic carbocycles. The van der Waals surface area contributed by atoms with Gasteiger partial charge in [-0.05, 0) is 30.9 Å². The molecular formula is C16H16N2O3. The zero-order chi connectivity index (χ0) is 15.1. The lowest BCUT2D eigenvalue weighted by Gasteiger charge is -2.09. The number of nitrogens with zero attached hydrogens (tertiary/aromatic N) is 1. The molecule has 1 atom stereocenters. The van der Waals surface area contributed by atoms with E-state index in [9.17, 15) is 9.59 Å². The van der Waals surface area contributed by atoms with Crippen LogP contribution in [0.1, 0.15) is 24.8 Å². The standard InChI is InChI=1S/C16H16N2O3/c17-10-13-7-3-4-8-14(13)18-15(19)11-21-16(20)9-12-5-1-2-6-12/h1,3-5,7-8,12H,2,6,9,11H2,(H,18,19)/t12-/m1/s1. The van der Waals surface area contributed by atoms with Crippen molar-refractivity contribution in [2.75, 3.05) is 11.9 Å². The number of hydrogen-bond acceptors (Lipinski definition) is 4. The Labute approximate surface area is 123 Å². The van der Waals surface area contributed by atoms with Crippen LogP contribution in [0.4, 0.5) is 5.69 Å². The number of anilines is 1. The lowest BCUT2D eigenvalue weighted by Crippen LogP contribution is -2.22. The first kappa shape index (κ1) is 14.8. The summed E-state index contributed by atoms with van der Waals surface area (Å²) >= 11 is 0. The fourth-order valence-electron chi connectivity index (χ4n) is 2.16. The first-order chi connectivity index (χ1) is 10.2. The molecule has 0 aliphatic heterocycles. The first-order valence-corrected chi connectivity index (χ1v) is 6.80. The monoisotopic (exact) mass is 284 g/mol. The normalized spacial score (nSPS) is 16.2. The highest BCUT2D eigenvalue weighted by Gasteiger charge is 2.16. The summed E-state index contributed by atoms with van der Waals surface area (Å²) < 4.78 is 4.94. The lowest BCUT2D eigenvalue weighted by atomic mass is 10.1. The molecule has 0 aromatic heterocycles. The molecule has 0 saturated heterocycles. The van der Waals surface area contributed by atoms with Crippen molar-refractivity contribution in [3.8, 4) is 6.07 Å². The maximum Gasteiger partial charge on any atom is 0.306 e. The van der Waals surface area contributed by atoms with Gasteiger partial charge < -0.3 is 10.1 Å². The second-order valence-corrected chi connectivity index (χ2v) is 4.84. The first-order valence-electron chi connectivity index (χ1n) is 6.80. The van der Waals surface area contributed by atoms with Gasteiger partial charge in [-0.3, -0.25) is 9.59 Å². The Hall–Kier alpha value is -2.61. The van der Waals surface area contributed by atoms with Gasteiger partial charge in [-0.1, -0.05) is 24.3 Å². The van der Waals surface area contributed by atoms with Crippen molar-refractivity contribution < 1.29 is 14.3 Å². The Morgan fingerprint density at radius 1 is 1.38 bits per heavy atom. The summed E-state index contributed by atoms with van der Waals surface area (Å²) in [7, 11) is 0. The van der Waals surface area contributed by atoms with E-state index in [0.717, 1.165) is 12.8 Å². The smallest absolute Gasteiger partial charge is 0.306 e. The van der Waals surface area contributed by atoms with E-state index >= 15 is 0 Å². The van der Waals surface area contributed by atoms with Gasteiger partial charge in [0.1, 0.15) is 6.07 Å². The Morgan fingerprint density at radius 3 is 2.90 bits per heavy atom. The number of ether oxygens (including phenoxy) is 1. The minimum Gasteiger partial charge on any atom is -0.456 e. The number of nitrogens with one attached hydrogen (secondary N) is 1. The molecule has 2 rings (SSSR count). The summed E-state index contributed by atoms with van der Waals surface area (Å²) in [5.74, 6) is -0.608. The molecule has 0 heterocycles. The summed E-state index contributed by atoms with van der Waals surface area (Å²) in [6.07, 6.45) is 6.30. The van der Waals surface area contributed by atoms with Crippen molar-refractivity contribution in [1.82, 2.24) is 0 Å². The number of esters is 1. The van der Waals surface area contributed by atoms with Gasteiger partial charge in [0.15, 0.2) is 6.61 Å². The topological polar surface area (TPSA) is 79.2 Å². The molecular weight excluding hydrogens is 268 g/mol. The number of rotatable bonds is 5. The van der Waals surface area contributed by atoms with Crippen LogP contribution in [-0.2, 0) is 14.3 Å². The molecule has 1 amide bonds. The third kappa shape index (κ3) is 4.46. The molecule has 0 radical (unpaired) electrons. The highest BCUT2D eigenvalue weighted by atomic mass is 16.5. The molecule has 0 unspecified atom stereocenters. The molecule has 0 fully saturated rings. The fraction of sp³-hybridized carbons (Fsp3) is 0.312. The summed E-state index contributed by atoms with van der Waals surface area (Å²) in [6, 6.07) is 8.64. The van der Waals surface area contributed by atoms with Crippen LogP contribution in [0.25, 0.3) is 0 Å². The number of nitriles is 1. The van der Waals surface area contributed by atoms with Crippen molar-refractivity contribution in [2.45, 2.75) is 19.3 Å². The van der Waals surface area contributed by atoms with E-state index in [1.165, 1.54) is 0 Å². The van der Waals surface area contributed by atoms with Crippen molar-refractivity contribution in [2.24, 2.45) is 5.92 Å².